The van der Waals surface area contributed by atoms with Crippen LogP contribution in [0.25, 0.3) is 0 Å². The standard InChI is InChI=1S/C12H14N4O2/c1-14-12(17)11-15-10(18-16-11)6-8-4-2-3-5-9(8)7-13/h2-5H,6-7,13H2,1H3,(H,14,17). The maximum atomic E-state index is 11.3. The molecule has 1 heterocycles. The largest absolute Gasteiger partial charge is 0.352 e. The molecule has 0 bridgehead atoms. The van der Waals surface area contributed by atoms with Gasteiger partial charge in [-0.2, -0.15) is 4.98 Å². The van der Waals surface area contributed by atoms with Crippen LogP contribution < -0.4 is 11.1 Å². The zero-order valence-electron chi connectivity index (χ0n) is 10.0. The second kappa shape index (κ2) is 5.42. The zero-order chi connectivity index (χ0) is 13.0. The van der Waals surface area contributed by atoms with Crippen molar-refractivity contribution in [3.63, 3.8) is 0 Å². The quantitative estimate of drug-likeness (QED) is 0.818. The number of carbonyl (C=O) groups is 1. The molecule has 0 saturated heterocycles. The molecule has 18 heavy (non-hydrogen) atoms. The van der Waals surface area contributed by atoms with Crippen LogP contribution >= 0.6 is 0 Å². The SMILES string of the molecule is CNC(=O)c1noc(Cc2ccccc2CN)n1. The minimum absolute atomic E-state index is 0.0396. The summed E-state index contributed by atoms with van der Waals surface area (Å²) in [6.07, 6.45) is 0.470. The first-order valence-electron chi connectivity index (χ1n) is 5.56. The van der Waals surface area contributed by atoms with Crippen molar-refractivity contribution in [1.29, 1.82) is 0 Å². The van der Waals surface area contributed by atoms with E-state index in [0.29, 0.717) is 18.9 Å². The molecule has 94 valence electrons. The molecule has 2 rings (SSSR count). The number of rotatable bonds is 4. The Bertz CT molecular complexity index is 551. The van der Waals surface area contributed by atoms with E-state index < -0.39 is 0 Å². The molecule has 6 nitrogen and oxygen atoms in total. The average molecular weight is 246 g/mol. The number of nitrogens with zero attached hydrogens (tertiary/aromatic N) is 2. The molecule has 0 spiro atoms. The van der Waals surface area contributed by atoms with E-state index in [1.54, 1.807) is 0 Å². The van der Waals surface area contributed by atoms with Crippen LogP contribution in [-0.2, 0) is 13.0 Å². The summed E-state index contributed by atoms with van der Waals surface area (Å²) in [7, 11) is 1.52. The van der Waals surface area contributed by atoms with E-state index in [1.165, 1.54) is 7.05 Å². The first kappa shape index (κ1) is 12.3. The van der Waals surface area contributed by atoms with Crippen LogP contribution in [-0.4, -0.2) is 23.1 Å². The minimum Gasteiger partial charge on any atom is -0.352 e. The second-order valence-corrected chi connectivity index (χ2v) is 3.74. The number of nitrogens with one attached hydrogen (secondary N) is 1. The van der Waals surface area contributed by atoms with Crippen molar-refractivity contribution in [3.8, 4) is 0 Å². The summed E-state index contributed by atoms with van der Waals surface area (Å²) in [5, 5.41) is 6.05. The van der Waals surface area contributed by atoms with Crippen LogP contribution in [0.2, 0.25) is 0 Å². The van der Waals surface area contributed by atoms with Crippen LogP contribution in [0, 0.1) is 0 Å². The highest BCUT2D eigenvalue weighted by Crippen LogP contribution is 2.12. The molecule has 0 radical (unpaired) electrons. The Hall–Kier alpha value is -2.21. The maximum Gasteiger partial charge on any atom is 0.292 e. The lowest BCUT2D eigenvalue weighted by atomic mass is 10.0. The van der Waals surface area contributed by atoms with Gasteiger partial charge in [-0.15, -0.1) is 0 Å². The third-order valence-electron chi connectivity index (χ3n) is 2.58. The Kier molecular flexibility index (Phi) is 3.69. The van der Waals surface area contributed by atoms with E-state index >= 15 is 0 Å². The third-order valence-corrected chi connectivity index (χ3v) is 2.58. The number of hydrogen-bond acceptors (Lipinski definition) is 5. The van der Waals surface area contributed by atoms with Gasteiger partial charge in [-0.3, -0.25) is 4.79 Å². The highest BCUT2D eigenvalue weighted by atomic mass is 16.5. The topological polar surface area (TPSA) is 94.0 Å². The van der Waals surface area contributed by atoms with E-state index in [4.69, 9.17) is 10.3 Å². The smallest absolute Gasteiger partial charge is 0.292 e. The highest BCUT2D eigenvalue weighted by Gasteiger charge is 2.13. The molecule has 0 unspecified atom stereocenters. The molecule has 2 aromatic rings. The van der Waals surface area contributed by atoms with Crippen molar-refractivity contribution in [2.45, 2.75) is 13.0 Å². The van der Waals surface area contributed by atoms with Crippen molar-refractivity contribution >= 4 is 5.91 Å². The molecule has 0 aliphatic rings. The van der Waals surface area contributed by atoms with Gasteiger partial charge in [-0.25, -0.2) is 0 Å². The lowest BCUT2D eigenvalue weighted by molar-refractivity contribution is 0.0950. The lowest BCUT2D eigenvalue weighted by Gasteiger charge is -2.03. The van der Waals surface area contributed by atoms with E-state index in [9.17, 15) is 4.79 Å². The fourth-order valence-electron chi connectivity index (χ4n) is 1.62. The average Bonchev–Trinajstić information content (AvgIpc) is 2.87. The number of amides is 1. The van der Waals surface area contributed by atoms with Crippen molar-refractivity contribution in [1.82, 2.24) is 15.5 Å². The fraction of sp³-hybridized carbons (Fsp3) is 0.250. The number of benzene rings is 1. The van der Waals surface area contributed by atoms with Crippen molar-refractivity contribution in [3.05, 3.63) is 47.1 Å². The fourth-order valence-corrected chi connectivity index (χ4v) is 1.62. The van der Waals surface area contributed by atoms with Gasteiger partial charge < -0.3 is 15.6 Å². The van der Waals surface area contributed by atoms with Crippen LogP contribution in [0.5, 0.6) is 0 Å². The summed E-state index contributed by atoms with van der Waals surface area (Å²) >= 11 is 0. The van der Waals surface area contributed by atoms with E-state index in [2.05, 4.69) is 15.5 Å². The monoisotopic (exact) mass is 246 g/mol. The molecule has 6 heteroatoms. The zero-order valence-corrected chi connectivity index (χ0v) is 10.0. The predicted molar refractivity (Wildman–Crippen MR) is 64.8 cm³/mol. The van der Waals surface area contributed by atoms with Crippen LogP contribution in [0.4, 0.5) is 0 Å². The number of hydrogen-bond donors (Lipinski definition) is 2. The summed E-state index contributed by atoms with van der Waals surface area (Å²) in [6, 6.07) is 7.75. The Balaban J connectivity index is 2.19. The van der Waals surface area contributed by atoms with Crippen LogP contribution in [0.15, 0.2) is 28.8 Å². The molecular weight excluding hydrogens is 232 g/mol. The van der Waals surface area contributed by atoms with Crippen molar-refractivity contribution < 1.29 is 9.32 Å². The molecule has 3 N–H and O–H groups in total. The molecule has 1 aromatic carbocycles. The highest BCUT2D eigenvalue weighted by molar-refractivity contribution is 5.89. The van der Waals surface area contributed by atoms with Gasteiger partial charge in [0.2, 0.25) is 5.89 Å². The lowest BCUT2D eigenvalue weighted by Crippen LogP contribution is -2.19. The van der Waals surface area contributed by atoms with Gasteiger partial charge in [-0.05, 0) is 11.1 Å². The first-order chi connectivity index (χ1) is 8.74. The summed E-state index contributed by atoms with van der Waals surface area (Å²) in [5.74, 6) is 0.0735. The first-order valence-corrected chi connectivity index (χ1v) is 5.56. The summed E-state index contributed by atoms with van der Waals surface area (Å²) in [4.78, 5) is 15.3. The molecule has 0 aliphatic carbocycles. The molecule has 1 amide bonds. The summed E-state index contributed by atoms with van der Waals surface area (Å²) < 4.78 is 5.03. The molecular formula is C12H14N4O2. The van der Waals surface area contributed by atoms with Crippen LogP contribution in [0.1, 0.15) is 27.6 Å². The van der Waals surface area contributed by atoms with Gasteiger partial charge in [0.1, 0.15) is 0 Å². The maximum absolute atomic E-state index is 11.3. The Morgan fingerprint density at radius 2 is 2.11 bits per heavy atom. The van der Waals surface area contributed by atoms with Gasteiger partial charge in [0.25, 0.3) is 11.7 Å². The predicted octanol–water partition coefficient (Wildman–Crippen LogP) is 0.479. The van der Waals surface area contributed by atoms with Crippen molar-refractivity contribution in [2.24, 2.45) is 5.73 Å². The summed E-state index contributed by atoms with van der Waals surface area (Å²) in [5.41, 5.74) is 7.69. The normalized spacial score (nSPS) is 10.3. The van der Waals surface area contributed by atoms with Crippen molar-refractivity contribution in [2.75, 3.05) is 7.05 Å². The summed E-state index contributed by atoms with van der Waals surface area (Å²) in [6.45, 7) is 0.451. The minimum atomic E-state index is -0.364. The Morgan fingerprint density at radius 3 is 2.78 bits per heavy atom. The molecule has 1 aromatic heterocycles. The Morgan fingerprint density at radius 1 is 1.39 bits per heavy atom. The van der Waals surface area contributed by atoms with E-state index in [-0.39, 0.29) is 11.7 Å². The van der Waals surface area contributed by atoms with Gasteiger partial charge in [0, 0.05) is 13.6 Å². The number of aromatic nitrogens is 2. The molecule has 0 fully saturated rings. The van der Waals surface area contributed by atoms with E-state index in [0.717, 1.165) is 11.1 Å². The van der Waals surface area contributed by atoms with E-state index in [1.807, 2.05) is 24.3 Å². The van der Waals surface area contributed by atoms with Gasteiger partial charge in [0.05, 0.1) is 6.42 Å². The van der Waals surface area contributed by atoms with Crippen LogP contribution in [0.3, 0.4) is 0 Å². The van der Waals surface area contributed by atoms with Gasteiger partial charge in [0.15, 0.2) is 0 Å². The second-order valence-electron chi connectivity index (χ2n) is 3.74. The van der Waals surface area contributed by atoms with Gasteiger partial charge >= 0.3 is 0 Å². The molecule has 0 atom stereocenters. The number of carbonyl (C=O) groups excluding carboxylic acids is 1. The Labute approximate surface area is 104 Å². The molecule has 0 aliphatic heterocycles. The molecule has 0 saturated carbocycles. The number of nitrogens with two attached hydrogens (primary N) is 1. The third kappa shape index (κ3) is 2.54. The van der Waals surface area contributed by atoms with Gasteiger partial charge in [-0.1, -0.05) is 29.4 Å².